The van der Waals surface area contributed by atoms with Crippen molar-refractivity contribution < 1.29 is 19.4 Å². The maximum absolute atomic E-state index is 12.2. The first-order valence-electron chi connectivity index (χ1n) is 8.17. The Labute approximate surface area is 147 Å². The molecule has 2 N–H and O–H groups in total. The summed E-state index contributed by atoms with van der Waals surface area (Å²) in [6, 6.07) is 14.6. The largest absolute Gasteiger partial charge is 0.497 e. The zero-order valence-corrected chi connectivity index (χ0v) is 14.7. The molecular formula is C20H23NO4. The van der Waals surface area contributed by atoms with Gasteiger partial charge in [-0.05, 0) is 48.2 Å². The van der Waals surface area contributed by atoms with Gasteiger partial charge >= 0.3 is 5.97 Å². The van der Waals surface area contributed by atoms with Crippen LogP contribution in [0, 0.1) is 0 Å². The van der Waals surface area contributed by atoms with Gasteiger partial charge < -0.3 is 15.2 Å². The number of benzene rings is 2. The van der Waals surface area contributed by atoms with Gasteiger partial charge in [0, 0.05) is 12.1 Å². The molecule has 5 heteroatoms. The average molecular weight is 341 g/mol. The molecule has 2 atom stereocenters. The van der Waals surface area contributed by atoms with Crippen LogP contribution in [0.25, 0.3) is 0 Å². The van der Waals surface area contributed by atoms with Crippen LogP contribution in [0.2, 0.25) is 0 Å². The Morgan fingerprint density at radius 1 is 1.08 bits per heavy atom. The second-order valence-corrected chi connectivity index (χ2v) is 6.11. The van der Waals surface area contributed by atoms with Gasteiger partial charge in [-0.3, -0.25) is 9.59 Å². The zero-order chi connectivity index (χ0) is 18.4. The molecule has 0 aliphatic rings. The highest BCUT2D eigenvalue weighted by Gasteiger charge is 2.15. The van der Waals surface area contributed by atoms with E-state index in [2.05, 4.69) is 5.32 Å². The van der Waals surface area contributed by atoms with Crippen LogP contribution in [0.3, 0.4) is 0 Å². The molecule has 0 fully saturated rings. The third-order valence-electron chi connectivity index (χ3n) is 4.22. The summed E-state index contributed by atoms with van der Waals surface area (Å²) in [4.78, 5) is 23.2. The van der Waals surface area contributed by atoms with Gasteiger partial charge in [0.1, 0.15) is 5.75 Å². The summed E-state index contributed by atoms with van der Waals surface area (Å²) in [6.07, 6.45) is 0.348. The topological polar surface area (TPSA) is 75.6 Å². The minimum absolute atomic E-state index is 0.0569. The van der Waals surface area contributed by atoms with Crippen molar-refractivity contribution in [3.8, 4) is 5.75 Å². The Balaban J connectivity index is 1.96. The fourth-order valence-electron chi connectivity index (χ4n) is 2.55. The number of methoxy groups -OCH3 is 1. The number of carbonyl (C=O) groups excluding carboxylic acids is 1. The Morgan fingerprint density at radius 2 is 1.76 bits per heavy atom. The van der Waals surface area contributed by atoms with Gasteiger partial charge in [0.05, 0.1) is 13.0 Å². The van der Waals surface area contributed by atoms with Crippen LogP contribution in [0.4, 0.5) is 5.69 Å². The van der Waals surface area contributed by atoms with E-state index in [-0.39, 0.29) is 11.8 Å². The van der Waals surface area contributed by atoms with E-state index in [0.29, 0.717) is 17.7 Å². The summed E-state index contributed by atoms with van der Waals surface area (Å²) in [6.45, 7) is 3.62. The molecule has 2 unspecified atom stereocenters. The fourth-order valence-corrected chi connectivity index (χ4v) is 2.55. The Bertz CT molecular complexity index is 740. The SMILES string of the molecule is COc1cccc(C(C)CC(=O)Nc2ccc(C(C)C(=O)O)cc2)c1. The first kappa shape index (κ1) is 18.5. The van der Waals surface area contributed by atoms with E-state index >= 15 is 0 Å². The molecule has 0 radical (unpaired) electrons. The van der Waals surface area contributed by atoms with Crippen LogP contribution >= 0.6 is 0 Å². The van der Waals surface area contributed by atoms with Crippen molar-refractivity contribution in [1.82, 2.24) is 0 Å². The number of aliphatic carboxylic acids is 1. The maximum atomic E-state index is 12.2. The predicted molar refractivity (Wildman–Crippen MR) is 97.1 cm³/mol. The molecule has 0 aliphatic heterocycles. The summed E-state index contributed by atoms with van der Waals surface area (Å²) >= 11 is 0. The van der Waals surface area contributed by atoms with Crippen LogP contribution in [-0.2, 0) is 9.59 Å². The summed E-state index contributed by atoms with van der Waals surface area (Å²) in [5.41, 5.74) is 2.40. The van der Waals surface area contributed by atoms with Crippen LogP contribution < -0.4 is 10.1 Å². The predicted octanol–water partition coefficient (Wildman–Crippen LogP) is 4.02. The zero-order valence-electron chi connectivity index (χ0n) is 14.7. The molecule has 25 heavy (non-hydrogen) atoms. The number of ether oxygens (including phenoxy) is 1. The van der Waals surface area contributed by atoms with E-state index in [1.807, 2.05) is 31.2 Å². The van der Waals surface area contributed by atoms with E-state index in [1.54, 1.807) is 38.3 Å². The molecule has 0 saturated carbocycles. The van der Waals surface area contributed by atoms with Crippen LogP contribution in [0.1, 0.15) is 43.2 Å². The molecule has 0 aliphatic carbocycles. The molecule has 0 aromatic heterocycles. The van der Waals surface area contributed by atoms with Gasteiger partial charge in [-0.1, -0.05) is 31.2 Å². The molecule has 0 heterocycles. The number of rotatable bonds is 7. The van der Waals surface area contributed by atoms with Crippen LogP contribution in [0.5, 0.6) is 5.75 Å². The van der Waals surface area contributed by atoms with Crippen LogP contribution in [-0.4, -0.2) is 24.1 Å². The fraction of sp³-hybridized carbons (Fsp3) is 0.300. The number of nitrogens with one attached hydrogen (secondary N) is 1. The first-order valence-corrected chi connectivity index (χ1v) is 8.17. The highest BCUT2D eigenvalue weighted by atomic mass is 16.5. The van der Waals surface area contributed by atoms with Gasteiger partial charge in [-0.15, -0.1) is 0 Å². The molecule has 5 nitrogen and oxygen atoms in total. The van der Waals surface area contributed by atoms with Crippen molar-refractivity contribution in [3.63, 3.8) is 0 Å². The highest BCUT2D eigenvalue weighted by Crippen LogP contribution is 2.24. The van der Waals surface area contributed by atoms with Crippen molar-refractivity contribution in [2.24, 2.45) is 0 Å². The van der Waals surface area contributed by atoms with E-state index < -0.39 is 11.9 Å². The number of hydrogen-bond donors (Lipinski definition) is 2. The number of hydrogen-bond acceptors (Lipinski definition) is 3. The van der Waals surface area contributed by atoms with E-state index in [9.17, 15) is 9.59 Å². The van der Waals surface area contributed by atoms with Gasteiger partial charge in [0.15, 0.2) is 0 Å². The van der Waals surface area contributed by atoms with Crippen molar-refractivity contribution in [2.45, 2.75) is 32.1 Å². The second-order valence-electron chi connectivity index (χ2n) is 6.11. The minimum Gasteiger partial charge on any atom is -0.497 e. The van der Waals surface area contributed by atoms with E-state index in [1.165, 1.54) is 0 Å². The van der Waals surface area contributed by atoms with E-state index in [4.69, 9.17) is 9.84 Å². The average Bonchev–Trinajstić information content (AvgIpc) is 2.61. The van der Waals surface area contributed by atoms with Crippen LogP contribution in [0.15, 0.2) is 48.5 Å². The summed E-state index contributed by atoms with van der Waals surface area (Å²) in [7, 11) is 1.62. The third-order valence-corrected chi connectivity index (χ3v) is 4.22. The summed E-state index contributed by atoms with van der Waals surface area (Å²) < 4.78 is 5.21. The van der Waals surface area contributed by atoms with E-state index in [0.717, 1.165) is 11.3 Å². The Hall–Kier alpha value is -2.82. The molecule has 0 spiro atoms. The van der Waals surface area contributed by atoms with Gasteiger partial charge in [-0.25, -0.2) is 0 Å². The monoisotopic (exact) mass is 341 g/mol. The first-order chi connectivity index (χ1) is 11.9. The lowest BCUT2D eigenvalue weighted by atomic mass is 9.97. The Morgan fingerprint density at radius 3 is 2.36 bits per heavy atom. The molecular weight excluding hydrogens is 318 g/mol. The standard InChI is InChI=1S/C20H23NO4/c1-13(16-5-4-6-18(12-16)25-3)11-19(22)21-17-9-7-15(8-10-17)14(2)20(23)24/h4-10,12-14H,11H2,1-3H3,(H,21,22)(H,23,24). The molecule has 1 amide bonds. The number of carbonyl (C=O) groups is 2. The number of amides is 1. The molecule has 2 aromatic rings. The number of anilines is 1. The minimum atomic E-state index is -0.871. The quantitative estimate of drug-likeness (QED) is 0.798. The summed E-state index contributed by atoms with van der Waals surface area (Å²) in [5.74, 6) is -0.703. The third kappa shape index (κ3) is 5.08. The molecule has 2 rings (SSSR count). The normalized spacial score (nSPS) is 12.9. The van der Waals surface area contributed by atoms with Crippen molar-refractivity contribution in [2.75, 3.05) is 12.4 Å². The lowest BCUT2D eigenvalue weighted by Crippen LogP contribution is -2.14. The maximum Gasteiger partial charge on any atom is 0.310 e. The van der Waals surface area contributed by atoms with Crippen molar-refractivity contribution >= 4 is 17.6 Å². The molecule has 0 bridgehead atoms. The number of carboxylic acid groups (broad SMARTS) is 1. The molecule has 0 saturated heterocycles. The molecule has 2 aromatic carbocycles. The lowest BCUT2D eigenvalue weighted by molar-refractivity contribution is -0.138. The summed E-state index contributed by atoms with van der Waals surface area (Å²) in [5, 5.41) is 11.9. The van der Waals surface area contributed by atoms with Gasteiger partial charge in [0.25, 0.3) is 0 Å². The van der Waals surface area contributed by atoms with Gasteiger partial charge in [0.2, 0.25) is 5.91 Å². The molecule has 132 valence electrons. The second kappa shape index (κ2) is 8.33. The number of carboxylic acids is 1. The smallest absolute Gasteiger partial charge is 0.310 e. The highest BCUT2D eigenvalue weighted by molar-refractivity contribution is 5.91. The Kier molecular flexibility index (Phi) is 6.17. The lowest BCUT2D eigenvalue weighted by Gasteiger charge is -2.14. The van der Waals surface area contributed by atoms with Gasteiger partial charge in [-0.2, -0.15) is 0 Å². The van der Waals surface area contributed by atoms with Crippen molar-refractivity contribution in [1.29, 1.82) is 0 Å². The van der Waals surface area contributed by atoms with Crippen molar-refractivity contribution in [3.05, 3.63) is 59.7 Å².